The van der Waals surface area contributed by atoms with Crippen molar-refractivity contribution in [3.8, 4) is 0 Å². The highest BCUT2D eigenvalue weighted by molar-refractivity contribution is 5.88. The van der Waals surface area contributed by atoms with E-state index in [9.17, 15) is 14.4 Å². The maximum atomic E-state index is 11.4. The fourth-order valence-electron chi connectivity index (χ4n) is 4.72. The van der Waals surface area contributed by atoms with Crippen LogP contribution in [0.15, 0.2) is 142 Å². The summed E-state index contributed by atoms with van der Waals surface area (Å²) in [6.45, 7) is 31.6. The van der Waals surface area contributed by atoms with Crippen molar-refractivity contribution in [3.63, 3.8) is 0 Å². The van der Waals surface area contributed by atoms with Crippen LogP contribution in [0.1, 0.15) is 96.8 Å². The number of carbonyl (C=O) groups excluding carboxylic acids is 3. The predicted molar refractivity (Wildman–Crippen MR) is 261 cm³/mol. The number of para-hydroxylation sites is 1. The average molecular weight is 851 g/mol. The van der Waals surface area contributed by atoms with Crippen molar-refractivity contribution in [2.24, 2.45) is 0 Å². The molecule has 1 heterocycles. The summed E-state index contributed by atoms with van der Waals surface area (Å²) in [6, 6.07) is 27.8. The third-order valence-corrected chi connectivity index (χ3v) is 7.80. The molecular formula is C52H74N4O6. The molecule has 0 saturated carbocycles. The lowest BCUT2D eigenvalue weighted by Gasteiger charge is -2.24. The number of ether oxygens (including phenoxy) is 3. The number of amides is 3. The van der Waals surface area contributed by atoms with E-state index < -0.39 is 11.2 Å². The first-order valence-electron chi connectivity index (χ1n) is 21.0. The number of hydrogen-bond donors (Lipinski definition) is 3. The van der Waals surface area contributed by atoms with Crippen molar-refractivity contribution in [2.75, 3.05) is 26.7 Å². The van der Waals surface area contributed by atoms with E-state index in [1.165, 1.54) is 22.0 Å². The molecule has 0 atom stereocenters. The molecule has 10 nitrogen and oxygen atoms in total. The molecule has 4 aromatic rings. The SMILES string of the molecule is C=CCCCN(C)C(=O)OC(C)(C)C.C=CCCCNC(=O)OC(C)(C)C.C=CCCCNC(=O)OCc1ccccc1.C=Cc1c[nH]c2ccccc12.C=Cc1ccccc1. The van der Waals surface area contributed by atoms with Gasteiger partial charge in [0.25, 0.3) is 0 Å². The molecule has 0 saturated heterocycles. The Bertz CT molecular complexity index is 1860. The Morgan fingerprint density at radius 1 is 0.645 bits per heavy atom. The van der Waals surface area contributed by atoms with E-state index in [1.54, 1.807) is 11.9 Å². The number of aromatic nitrogens is 1. The maximum Gasteiger partial charge on any atom is 0.410 e. The number of unbranched alkanes of at least 4 members (excludes halogenated alkanes) is 3. The summed E-state index contributed by atoms with van der Waals surface area (Å²) >= 11 is 0. The van der Waals surface area contributed by atoms with Gasteiger partial charge in [-0.1, -0.05) is 122 Å². The van der Waals surface area contributed by atoms with Crippen molar-refractivity contribution < 1.29 is 28.6 Å². The molecule has 1 aromatic heterocycles. The van der Waals surface area contributed by atoms with E-state index in [1.807, 2.05) is 151 Å². The minimum atomic E-state index is -0.414. The quantitative estimate of drug-likeness (QED) is 0.0586. The Morgan fingerprint density at radius 2 is 1.15 bits per heavy atom. The average Bonchev–Trinajstić information content (AvgIpc) is 3.67. The molecule has 62 heavy (non-hydrogen) atoms. The largest absolute Gasteiger partial charge is 0.445 e. The second-order valence-corrected chi connectivity index (χ2v) is 15.7. The number of hydrogen-bond acceptors (Lipinski definition) is 6. The zero-order valence-corrected chi connectivity index (χ0v) is 38.6. The minimum Gasteiger partial charge on any atom is -0.445 e. The van der Waals surface area contributed by atoms with Gasteiger partial charge >= 0.3 is 18.3 Å². The predicted octanol–water partition coefficient (Wildman–Crippen LogP) is 13.3. The second kappa shape index (κ2) is 33.4. The number of H-pyrrole nitrogens is 1. The molecule has 0 unspecified atom stereocenters. The van der Waals surface area contributed by atoms with E-state index in [0.717, 1.165) is 44.1 Å². The topological polar surface area (TPSA) is 122 Å². The second-order valence-electron chi connectivity index (χ2n) is 15.7. The van der Waals surface area contributed by atoms with E-state index in [0.29, 0.717) is 26.2 Å². The van der Waals surface area contributed by atoms with Crippen LogP contribution < -0.4 is 10.6 Å². The van der Waals surface area contributed by atoms with Crippen molar-refractivity contribution in [3.05, 3.63) is 159 Å². The molecule has 0 radical (unpaired) electrons. The monoisotopic (exact) mass is 851 g/mol. The van der Waals surface area contributed by atoms with Gasteiger partial charge in [-0.25, -0.2) is 14.4 Å². The zero-order chi connectivity index (χ0) is 46.7. The van der Waals surface area contributed by atoms with Crippen LogP contribution in [0.25, 0.3) is 23.1 Å². The van der Waals surface area contributed by atoms with Crippen LogP contribution >= 0.6 is 0 Å². The first kappa shape index (κ1) is 55.7. The molecule has 338 valence electrons. The van der Waals surface area contributed by atoms with E-state index in [-0.39, 0.29) is 18.3 Å². The van der Waals surface area contributed by atoms with Crippen LogP contribution in [0.3, 0.4) is 0 Å². The van der Waals surface area contributed by atoms with Crippen LogP contribution in [-0.2, 0) is 20.8 Å². The molecule has 3 N–H and O–H groups in total. The fourth-order valence-corrected chi connectivity index (χ4v) is 4.72. The number of aromatic amines is 1. The minimum absolute atomic E-state index is 0.262. The summed E-state index contributed by atoms with van der Waals surface area (Å²) in [6.07, 6.45) is 15.7. The van der Waals surface area contributed by atoms with Crippen LogP contribution in [0.4, 0.5) is 14.4 Å². The van der Waals surface area contributed by atoms with Gasteiger partial charge in [0.15, 0.2) is 0 Å². The number of benzene rings is 3. The molecule has 3 amide bonds. The van der Waals surface area contributed by atoms with Gasteiger partial charge in [0.05, 0.1) is 0 Å². The molecule has 10 heteroatoms. The normalized spacial score (nSPS) is 10.0. The van der Waals surface area contributed by atoms with E-state index in [2.05, 4.69) is 60.6 Å². The summed E-state index contributed by atoms with van der Waals surface area (Å²) < 4.78 is 15.3. The Balaban J connectivity index is 0.000000761. The number of carbonyl (C=O) groups is 3. The van der Waals surface area contributed by atoms with Crippen molar-refractivity contribution in [2.45, 2.75) is 97.9 Å². The fraction of sp³-hybridized carbons (Fsp3) is 0.365. The maximum absolute atomic E-state index is 11.4. The van der Waals surface area contributed by atoms with Gasteiger partial charge in [-0.2, -0.15) is 0 Å². The third kappa shape index (κ3) is 30.7. The molecule has 4 rings (SSSR count). The molecule has 0 aliphatic heterocycles. The van der Waals surface area contributed by atoms with Crippen LogP contribution in [0.5, 0.6) is 0 Å². The Kier molecular flexibility index (Phi) is 30.0. The first-order valence-corrected chi connectivity index (χ1v) is 21.0. The lowest BCUT2D eigenvalue weighted by Crippen LogP contribution is -2.34. The Labute approximate surface area is 372 Å². The number of rotatable bonds is 16. The lowest BCUT2D eigenvalue weighted by molar-refractivity contribution is 0.0297. The molecular weight excluding hydrogens is 777 g/mol. The zero-order valence-electron chi connectivity index (χ0n) is 38.6. The number of alkyl carbamates (subject to hydrolysis) is 2. The van der Waals surface area contributed by atoms with Gasteiger partial charge in [-0.3, -0.25) is 0 Å². The summed E-state index contributed by atoms with van der Waals surface area (Å²) in [7, 11) is 1.75. The van der Waals surface area contributed by atoms with E-state index in [4.69, 9.17) is 14.2 Å². The number of allylic oxidation sites excluding steroid dienone is 3. The number of nitrogens with zero attached hydrogens (tertiary/aromatic N) is 1. The van der Waals surface area contributed by atoms with Gasteiger partial charge < -0.3 is 34.7 Å². The summed E-state index contributed by atoms with van der Waals surface area (Å²) in [5, 5.41) is 6.58. The molecule has 0 aliphatic rings. The van der Waals surface area contributed by atoms with Crippen LogP contribution in [0, 0.1) is 0 Å². The third-order valence-electron chi connectivity index (χ3n) is 7.80. The van der Waals surface area contributed by atoms with Crippen LogP contribution in [-0.4, -0.2) is 66.0 Å². The molecule has 0 aliphatic carbocycles. The van der Waals surface area contributed by atoms with Gasteiger partial charge in [-0.05, 0) is 103 Å². The number of nitrogens with one attached hydrogen (secondary N) is 3. The van der Waals surface area contributed by atoms with Gasteiger partial charge in [0.2, 0.25) is 0 Å². The Morgan fingerprint density at radius 3 is 1.65 bits per heavy atom. The van der Waals surface area contributed by atoms with Crippen molar-refractivity contribution in [1.82, 2.24) is 20.5 Å². The standard InChI is InChI=1S/C13H17NO2.C11H21NO2.C10H19NO2.C10H9N.C8H8/c1-2-3-7-10-14-13(15)16-11-12-8-5-4-6-9-12;1-6-7-8-9-12(5)10(13)14-11(2,3)4;1-5-6-7-8-11-9(12)13-10(2,3)4;1-2-8-7-11-10-6-4-3-5-9(8)10;1-2-8-6-4-3-5-7-8/h2,4-6,8-9H,1,3,7,10-11H2,(H,14,15);6H,1,7-9H2,2-5H3;5H,1,6-8H2,2-4H3,(H,11,12);2-7,11H,1H2;2-7H,1H2. The molecule has 0 fully saturated rings. The highest BCUT2D eigenvalue weighted by atomic mass is 16.6. The van der Waals surface area contributed by atoms with Gasteiger partial charge in [0, 0.05) is 43.8 Å². The molecule has 0 spiro atoms. The van der Waals surface area contributed by atoms with Crippen molar-refractivity contribution >= 4 is 41.3 Å². The van der Waals surface area contributed by atoms with Gasteiger partial charge in [0.1, 0.15) is 17.8 Å². The van der Waals surface area contributed by atoms with Crippen molar-refractivity contribution in [1.29, 1.82) is 0 Å². The molecule has 3 aromatic carbocycles. The number of fused-ring (bicyclic) bond motifs is 1. The summed E-state index contributed by atoms with van der Waals surface area (Å²) in [4.78, 5) is 38.5. The van der Waals surface area contributed by atoms with E-state index >= 15 is 0 Å². The summed E-state index contributed by atoms with van der Waals surface area (Å²) in [5.41, 5.74) is 3.67. The Hall–Kier alpha value is -6.29. The summed E-state index contributed by atoms with van der Waals surface area (Å²) in [5.74, 6) is 0. The lowest BCUT2D eigenvalue weighted by atomic mass is 10.2. The first-order chi connectivity index (χ1) is 29.5. The highest BCUT2D eigenvalue weighted by Gasteiger charge is 2.19. The van der Waals surface area contributed by atoms with Gasteiger partial charge in [-0.15, -0.1) is 19.7 Å². The van der Waals surface area contributed by atoms with Crippen LogP contribution in [0.2, 0.25) is 0 Å². The molecule has 0 bridgehead atoms. The smallest absolute Gasteiger partial charge is 0.410 e. The highest BCUT2D eigenvalue weighted by Crippen LogP contribution is 2.18.